The van der Waals surface area contributed by atoms with Crippen molar-refractivity contribution in [2.24, 2.45) is 5.11 Å². The van der Waals surface area contributed by atoms with Gasteiger partial charge in [-0.3, -0.25) is 9.69 Å². The van der Waals surface area contributed by atoms with Crippen molar-refractivity contribution < 1.29 is 14.3 Å². The monoisotopic (exact) mass is 290 g/mol. The largest absolute Gasteiger partial charge is 0.442 e. The summed E-state index contributed by atoms with van der Waals surface area (Å²) in [5.74, 6) is -0.151. The molecule has 2 unspecified atom stereocenters. The van der Waals surface area contributed by atoms with Gasteiger partial charge in [0, 0.05) is 12.6 Å². The van der Waals surface area contributed by atoms with Gasteiger partial charge in [0.15, 0.2) is 0 Å². The zero-order valence-corrected chi connectivity index (χ0v) is 12.0. The average Bonchev–Trinajstić information content (AvgIpc) is 2.85. The van der Waals surface area contributed by atoms with E-state index in [-0.39, 0.29) is 18.1 Å². The molecule has 0 bridgehead atoms. The van der Waals surface area contributed by atoms with Gasteiger partial charge in [0.2, 0.25) is 5.91 Å². The summed E-state index contributed by atoms with van der Waals surface area (Å²) in [6.07, 6.45) is -0.764. The Balaban J connectivity index is 2.03. The Kier molecular flexibility index (Phi) is 4.52. The van der Waals surface area contributed by atoms with E-state index in [0.29, 0.717) is 13.1 Å². The zero-order valence-electron chi connectivity index (χ0n) is 12.0. The van der Waals surface area contributed by atoms with Crippen LogP contribution in [0.5, 0.6) is 0 Å². The Hall–Kier alpha value is -2.44. The molecule has 0 saturated carbocycles. The van der Waals surface area contributed by atoms with E-state index in [4.69, 9.17) is 10.3 Å². The lowest BCUT2D eigenvalue weighted by Crippen LogP contribution is -2.33. The van der Waals surface area contributed by atoms with E-state index in [2.05, 4.69) is 10.4 Å². The lowest BCUT2D eigenvalue weighted by molar-refractivity contribution is -0.119. The number of amides is 2. The van der Waals surface area contributed by atoms with E-state index in [1.807, 2.05) is 19.1 Å². The summed E-state index contributed by atoms with van der Waals surface area (Å²) in [6, 6.07) is 7.09. The third-order valence-electron chi connectivity index (χ3n) is 3.33. The first-order valence-electron chi connectivity index (χ1n) is 6.70. The first-order valence-corrected chi connectivity index (χ1v) is 6.70. The minimum Gasteiger partial charge on any atom is -0.442 e. The number of carbonyl (C=O) groups excluding carboxylic acids is 2. The van der Waals surface area contributed by atoms with Crippen molar-refractivity contribution in [2.45, 2.75) is 26.0 Å². The second-order valence-electron chi connectivity index (χ2n) is 4.95. The van der Waals surface area contributed by atoms with Gasteiger partial charge in [0.1, 0.15) is 6.10 Å². The minimum atomic E-state index is -0.420. The number of nitrogens with one attached hydrogen (secondary N) is 2. The molecule has 0 aromatic heterocycles. The Morgan fingerprint density at radius 3 is 2.76 bits per heavy atom. The van der Waals surface area contributed by atoms with E-state index in [1.54, 1.807) is 12.1 Å². The molecule has 0 aliphatic carbocycles. The maximum Gasteiger partial charge on any atom is 0.414 e. The molecule has 1 aromatic carbocycles. The lowest BCUT2D eigenvalue weighted by atomic mass is 10.1. The van der Waals surface area contributed by atoms with Crippen LogP contribution in [-0.4, -0.2) is 31.2 Å². The molecule has 2 atom stereocenters. The molecule has 1 heterocycles. The molecule has 7 nitrogen and oxygen atoms in total. The number of benzene rings is 1. The summed E-state index contributed by atoms with van der Waals surface area (Å²) < 4.78 is 5.20. The predicted molar refractivity (Wildman–Crippen MR) is 76.3 cm³/mol. The fourth-order valence-corrected chi connectivity index (χ4v) is 2.10. The van der Waals surface area contributed by atoms with Crippen LogP contribution in [-0.2, 0) is 9.53 Å². The molecular formula is C14H18N4O3. The van der Waals surface area contributed by atoms with E-state index in [0.717, 1.165) is 11.3 Å². The van der Waals surface area contributed by atoms with Crippen LogP contribution >= 0.6 is 0 Å². The standard InChI is InChI=1S/C14H18N4O3/c1-9(17-15)11-3-5-12(6-4-11)18-8-13(21-14(18)20)7-16-10(2)19/h3-6,9,13,15H,7-8H2,1-2H3,(H,16,19). The third-order valence-corrected chi connectivity index (χ3v) is 3.33. The summed E-state index contributed by atoms with van der Waals surface area (Å²) in [6.45, 7) is 3.96. The van der Waals surface area contributed by atoms with Crippen molar-refractivity contribution in [3.63, 3.8) is 0 Å². The molecule has 1 fully saturated rings. The second-order valence-corrected chi connectivity index (χ2v) is 4.95. The first-order chi connectivity index (χ1) is 10.0. The van der Waals surface area contributed by atoms with Crippen molar-refractivity contribution in [3.8, 4) is 0 Å². The Bertz CT molecular complexity index is 544. The number of carbonyl (C=O) groups is 2. The van der Waals surface area contributed by atoms with Crippen molar-refractivity contribution in [1.82, 2.24) is 5.32 Å². The molecule has 112 valence electrons. The van der Waals surface area contributed by atoms with Crippen molar-refractivity contribution in [2.75, 3.05) is 18.0 Å². The maximum absolute atomic E-state index is 11.8. The number of hydrogen-bond donors (Lipinski definition) is 2. The Labute approximate surface area is 122 Å². The van der Waals surface area contributed by atoms with Crippen LogP contribution in [0, 0.1) is 5.53 Å². The smallest absolute Gasteiger partial charge is 0.414 e. The van der Waals surface area contributed by atoms with Crippen LogP contribution in [0.1, 0.15) is 25.5 Å². The predicted octanol–water partition coefficient (Wildman–Crippen LogP) is 2.24. The van der Waals surface area contributed by atoms with Gasteiger partial charge in [-0.25, -0.2) is 10.3 Å². The highest BCUT2D eigenvalue weighted by molar-refractivity contribution is 5.89. The van der Waals surface area contributed by atoms with Gasteiger partial charge in [0.25, 0.3) is 0 Å². The molecule has 7 heteroatoms. The van der Waals surface area contributed by atoms with Gasteiger partial charge < -0.3 is 10.1 Å². The highest BCUT2D eigenvalue weighted by atomic mass is 16.6. The molecule has 1 aromatic rings. The summed E-state index contributed by atoms with van der Waals surface area (Å²) >= 11 is 0. The average molecular weight is 290 g/mol. The van der Waals surface area contributed by atoms with Crippen LogP contribution in [0.3, 0.4) is 0 Å². The van der Waals surface area contributed by atoms with Gasteiger partial charge in [0.05, 0.1) is 19.1 Å². The second kappa shape index (κ2) is 6.34. The summed E-state index contributed by atoms with van der Waals surface area (Å²) in [5.41, 5.74) is 8.65. The normalized spacial score (nSPS) is 19.0. The fraction of sp³-hybridized carbons (Fsp3) is 0.429. The minimum absolute atomic E-state index is 0.151. The third kappa shape index (κ3) is 3.56. The summed E-state index contributed by atoms with van der Waals surface area (Å²) in [7, 11) is 0. The number of rotatable bonds is 5. The van der Waals surface area contributed by atoms with Gasteiger partial charge in [-0.05, 0) is 24.6 Å². The quantitative estimate of drug-likeness (QED) is 0.814. The number of ether oxygens (including phenoxy) is 1. The molecule has 1 saturated heterocycles. The fourth-order valence-electron chi connectivity index (χ4n) is 2.10. The topological polar surface area (TPSA) is 94.9 Å². The highest BCUT2D eigenvalue weighted by Crippen LogP contribution is 2.24. The summed E-state index contributed by atoms with van der Waals surface area (Å²) in [4.78, 5) is 24.2. The van der Waals surface area contributed by atoms with E-state index in [9.17, 15) is 9.59 Å². The van der Waals surface area contributed by atoms with Crippen LogP contribution in [0.25, 0.3) is 0 Å². The Morgan fingerprint density at radius 2 is 2.19 bits per heavy atom. The summed E-state index contributed by atoms with van der Waals surface area (Å²) in [5, 5.41) is 6.09. The van der Waals surface area contributed by atoms with Crippen LogP contribution in [0.4, 0.5) is 10.5 Å². The van der Waals surface area contributed by atoms with Crippen molar-refractivity contribution >= 4 is 17.7 Å². The maximum atomic E-state index is 11.8. The number of nitrogens with zero attached hydrogens (tertiary/aromatic N) is 2. The van der Waals surface area contributed by atoms with Crippen molar-refractivity contribution in [1.29, 1.82) is 5.53 Å². The lowest BCUT2D eigenvalue weighted by Gasteiger charge is -2.14. The molecule has 21 heavy (non-hydrogen) atoms. The van der Waals surface area contributed by atoms with Gasteiger partial charge in [-0.1, -0.05) is 12.1 Å². The van der Waals surface area contributed by atoms with Gasteiger partial charge >= 0.3 is 6.09 Å². The van der Waals surface area contributed by atoms with Gasteiger partial charge in [-0.2, -0.15) is 5.11 Å². The zero-order chi connectivity index (χ0) is 15.4. The van der Waals surface area contributed by atoms with Crippen molar-refractivity contribution in [3.05, 3.63) is 29.8 Å². The molecular weight excluding hydrogens is 272 g/mol. The van der Waals surface area contributed by atoms with Gasteiger partial charge in [-0.15, -0.1) is 0 Å². The Morgan fingerprint density at radius 1 is 1.52 bits per heavy atom. The number of hydrogen-bond acceptors (Lipinski definition) is 5. The number of anilines is 1. The molecule has 2 N–H and O–H groups in total. The van der Waals surface area contributed by atoms with Crippen LogP contribution < -0.4 is 10.2 Å². The molecule has 1 aliphatic rings. The molecule has 0 radical (unpaired) electrons. The highest BCUT2D eigenvalue weighted by Gasteiger charge is 2.32. The SMILES string of the molecule is CC(=O)NCC1CN(c2ccc(C(C)N=N)cc2)C(=O)O1. The van der Waals surface area contributed by atoms with E-state index >= 15 is 0 Å². The molecule has 2 rings (SSSR count). The van der Waals surface area contributed by atoms with E-state index in [1.165, 1.54) is 11.8 Å². The molecule has 0 spiro atoms. The first kappa shape index (κ1) is 15.0. The molecule has 2 amide bonds. The number of cyclic esters (lactones) is 1. The van der Waals surface area contributed by atoms with Crippen LogP contribution in [0.2, 0.25) is 0 Å². The van der Waals surface area contributed by atoms with Crippen LogP contribution in [0.15, 0.2) is 29.4 Å². The van der Waals surface area contributed by atoms with E-state index < -0.39 is 6.09 Å². The molecule has 1 aliphatic heterocycles.